The van der Waals surface area contributed by atoms with E-state index in [-0.39, 0.29) is 37.8 Å². The summed E-state index contributed by atoms with van der Waals surface area (Å²) in [4.78, 5) is 25.3. The molecule has 1 aromatic heterocycles. The molecule has 0 N–H and O–H groups in total. The van der Waals surface area contributed by atoms with Crippen molar-refractivity contribution in [3.63, 3.8) is 0 Å². The fourth-order valence-electron chi connectivity index (χ4n) is 3.84. The Kier molecular flexibility index (Phi) is 4.33. The summed E-state index contributed by atoms with van der Waals surface area (Å²) >= 11 is 0. The van der Waals surface area contributed by atoms with Crippen LogP contribution in [0.5, 0.6) is 0 Å². The SMILES string of the molecule is O=C(C1CCCN(c2cc(C3CC3)ncn2)C1)N1CCC(F)(F)CC1. The molecule has 2 aliphatic heterocycles. The first-order valence-electron chi connectivity index (χ1n) is 9.25. The van der Waals surface area contributed by atoms with Gasteiger partial charge in [0.15, 0.2) is 0 Å². The van der Waals surface area contributed by atoms with Crippen molar-refractivity contribution in [2.24, 2.45) is 5.92 Å². The molecule has 3 aliphatic rings. The van der Waals surface area contributed by atoms with Gasteiger partial charge in [0.25, 0.3) is 5.92 Å². The van der Waals surface area contributed by atoms with E-state index in [1.165, 1.54) is 12.8 Å². The zero-order valence-corrected chi connectivity index (χ0v) is 14.3. The van der Waals surface area contributed by atoms with Gasteiger partial charge in [-0.15, -0.1) is 0 Å². The zero-order valence-electron chi connectivity index (χ0n) is 14.3. The molecule has 4 rings (SSSR count). The number of amides is 1. The van der Waals surface area contributed by atoms with Crippen LogP contribution in [-0.2, 0) is 4.79 Å². The van der Waals surface area contributed by atoms with Crippen molar-refractivity contribution in [3.05, 3.63) is 18.1 Å². The highest BCUT2D eigenvalue weighted by Crippen LogP contribution is 2.39. The second-order valence-corrected chi connectivity index (χ2v) is 7.54. The second kappa shape index (κ2) is 6.50. The summed E-state index contributed by atoms with van der Waals surface area (Å²) in [7, 11) is 0. The summed E-state index contributed by atoms with van der Waals surface area (Å²) in [6, 6.07) is 2.05. The normalized spacial score (nSPS) is 26.6. The van der Waals surface area contributed by atoms with Crippen LogP contribution in [0, 0.1) is 5.92 Å². The average Bonchev–Trinajstić information content (AvgIpc) is 3.47. The van der Waals surface area contributed by atoms with Gasteiger partial charge < -0.3 is 9.80 Å². The Balaban J connectivity index is 1.40. The van der Waals surface area contributed by atoms with Crippen molar-refractivity contribution in [1.82, 2.24) is 14.9 Å². The van der Waals surface area contributed by atoms with E-state index in [0.717, 1.165) is 30.9 Å². The van der Waals surface area contributed by atoms with Crippen LogP contribution in [0.3, 0.4) is 0 Å². The van der Waals surface area contributed by atoms with E-state index in [1.807, 2.05) is 6.07 Å². The van der Waals surface area contributed by atoms with Crippen molar-refractivity contribution in [1.29, 1.82) is 0 Å². The summed E-state index contributed by atoms with van der Waals surface area (Å²) in [6.07, 6.45) is 5.30. The third-order valence-electron chi connectivity index (χ3n) is 5.57. The number of hydrogen-bond donors (Lipinski definition) is 0. The number of halogens is 2. The molecule has 3 fully saturated rings. The number of rotatable bonds is 3. The van der Waals surface area contributed by atoms with E-state index in [1.54, 1.807) is 11.2 Å². The molecule has 1 aliphatic carbocycles. The highest BCUT2D eigenvalue weighted by molar-refractivity contribution is 5.80. The van der Waals surface area contributed by atoms with Crippen LogP contribution in [0.15, 0.2) is 12.4 Å². The summed E-state index contributed by atoms with van der Waals surface area (Å²) in [6.45, 7) is 1.83. The Labute approximate surface area is 146 Å². The molecule has 1 amide bonds. The van der Waals surface area contributed by atoms with E-state index >= 15 is 0 Å². The third kappa shape index (κ3) is 3.75. The molecule has 0 spiro atoms. The number of carbonyl (C=O) groups excluding carboxylic acids is 1. The van der Waals surface area contributed by atoms with E-state index < -0.39 is 5.92 Å². The standard InChI is InChI=1S/C18H24F2N4O/c19-18(20)5-8-23(9-6-18)17(25)14-2-1-7-24(11-14)16-10-15(13-3-4-13)21-12-22-16/h10,12-14H,1-9,11H2. The average molecular weight is 350 g/mol. The van der Waals surface area contributed by atoms with Crippen LogP contribution < -0.4 is 4.90 Å². The van der Waals surface area contributed by atoms with Gasteiger partial charge in [-0.25, -0.2) is 18.7 Å². The number of aromatic nitrogens is 2. The summed E-state index contributed by atoms with van der Waals surface area (Å²) in [5, 5.41) is 0. The molecule has 1 aromatic rings. The molecule has 136 valence electrons. The number of carbonyl (C=O) groups is 1. The van der Waals surface area contributed by atoms with Crippen LogP contribution >= 0.6 is 0 Å². The van der Waals surface area contributed by atoms with Gasteiger partial charge in [0.2, 0.25) is 5.91 Å². The van der Waals surface area contributed by atoms with Gasteiger partial charge in [0.05, 0.1) is 5.92 Å². The maximum Gasteiger partial charge on any atom is 0.251 e. The Morgan fingerprint density at radius 2 is 1.88 bits per heavy atom. The van der Waals surface area contributed by atoms with Gasteiger partial charge in [0, 0.05) is 56.7 Å². The minimum Gasteiger partial charge on any atom is -0.356 e. The molecule has 2 saturated heterocycles. The Hall–Kier alpha value is -1.79. The second-order valence-electron chi connectivity index (χ2n) is 7.54. The zero-order chi connectivity index (χ0) is 17.4. The molecular weight excluding hydrogens is 326 g/mol. The van der Waals surface area contributed by atoms with Crippen molar-refractivity contribution in [2.75, 3.05) is 31.1 Å². The Morgan fingerprint density at radius 1 is 1.12 bits per heavy atom. The van der Waals surface area contributed by atoms with Gasteiger partial charge in [-0.2, -0.15) is 0 Å². The molecule has 0 aromatic carbocycles. The van der Waals surface area contributed by atoms with Crippen molar-refractivity contribution in [2.45, 2.75) is 50.4 Å². The summed E-state index contributed by atoms with van der Waals surface area (Å²) in [5.41, 5.74) is 1.09. The quantitative estimate of drug-likeness (QED) is 0.841. The maximum atomic E-state index is 13.3. The first-order chi connectivity index (χ1) is 12.0. The lowest BCUT2D eigenvalue weighted by Gasteiger charge is -2.38. The minimum atomic E-state index is -2.62. The van der Waals surface area contributed by atoms with Gasteiger partial charge in [-0.1, -0.05) is 0 Å². The summed E-state index contributed by atoms with van der Waals surface area (Å²) < 4.78 is 26.6. The molecule has 7 heteroatoms. The van der Waals surface area contributed by atoms with Crippen LogP contribution in [-0.4, -0.2) is 52.9 Å². The molecule has 25 heavy (non-hydrogen) atoms. The van der Waals surface area contributed by atoms with Gasteiger partial charge in [0.1, 0.15) is 12.1 Å². The highest BCUT2D eigenvalue weighted by Gasteiger charge is 2.38. The lowest BCUT2D eigenvalue weighted by atomic mass is 9.95. The van der Waals surface area contributed by atoms with Crippen molar-refractivity contribution in [3.8, 4) is 0 Å². The predicted molar refractivity (Wildman–Crippen MR) is 89.7 cm³/mol. The molecule has 1 saturated carbocycles. The van der Waals surface area contributed by atoms with Crippen LogP contribution in [0.1, 0.15) is 50.1 Å². The monoisotopic (exact) mass is 350 g/mol. The first kappa shape index (κ1) is 16.7. The molecule has 0 bridgehead atoms. The maximum absolute atomic E-state index is 13.3. The van der Waals surface area contributed by atoms with Crippen molar-refractivity contribution >= 4 is 11.7 Å². The lowest BCUT2D eigenvalue weighted by Crippen LogP contribution is -2.49. The van der Waals surface area contributed by atoms with E-state index in [2.05, 4.69) is 14.9 Å². The number of likely N-dealkylation sites (tertiary alicyclic amines) is 1. The largest absolute Gasteiger partial charge is 0.356 e. The molecule has 0 radical (unpaired) electrons. The molecule has 3 heterocycles. The fourth-order valence-corrected chi connectivity index (χ4v) is 3.84. The number of piperidine rings is 2. The minimum absolute atomic E-state index is 0.0247. The van der Waals surface area contributed by atoms with Crippen molar-refractivity contribution < 1.29 is 13.6 Å². The molecular formula is C18H24F2N4O. The van der Waals surface area contributed by atoms with Gasteiger partial charge in [-0.3, -0.25) is 4.79 Å². The topological polar surface area (TPSA) is 49.3 Å². The van der Waals surface area contributed by atoms with E-state index in [4.69, 9.17) is 0 Å². The fraction of sp³-hybridized carbons (Fsp3) is 0.722. The number of anilines is 1. The number of hydrogen-bond acceptors (Lipinski definition) is 4. The molecule has 1 unspecified atom stereocenters. The molecule has 1 atom stereocenters. The number of nitrogens with zero attached hydrogens (tertiary/aromatic N) is 4. The van der Waals surface area contributed by atoms with Crippen LogP contribution in [0.2, 0.25) is 0 Å². The smallest absolute Gasteiger partial charge is 0.251 e. The van der Waals surface area contributed by atoms with Crippen LogP contribution in [0.4, 0.5) is 14.6 Å². The lowest BCUT2D eigenvalue weighted by molar-refractivity contribution is -0.141. The predicted octanol–water partition coefficient (Wildman–Crippen LogP) is 2.83. The molecule has 5 nitrogen and oxygen atoms in total. The van der Waals surface area contributed by atoms with Gasteiger partial charge >= 0.3 is 0 Å². The Morgan fingerprint density at radius 3 is 2.60 bits per heavy atom. The first-order valence-corrected chi connectivity index (χ1v) is 9.25. The highest BCUT2D eigenvalue weighted by atomic mass is 19.3. The third-order valence-corrected chi connectivity index (χ3v) is 5.57. The van der Waals surface area contributed by atoms with E-state index in [0.29, 0.717) is 12.5 Å². The number of alkyl halides is 2. The van der Waals surface area contributed by atoms with Gasteiger partial charge in [-0.05, 0) is 25.7 Å². The Bertz CT molecular complexity index is 640. The van der Waals surface area contributed by atoms with Crippen LogP contribution in [0.25, 0.3) is 0 Å². The summed E-state index contributed by atoms with van der Waals surface area (Å²) in [5.74, 6) is -1.26. The van der Waals surface area contributed by atoms with E-state index in [9.17, 15) is 13.6 Å².